The third-order valence-electron chi connectivity index (χ3n) is 4.31. The monoisotopic (exact) mass is 383 g/mol. The Kier molecular flexibility index (Phi) is 5.19. The lowest BCUT2D eigenvalue weighted by atomic mass is 10.2. The molecule has 1 aliphatic heterocycles. The van der Waals surface area contributed by atoms with E-state index in [1.165, 1.54) is 22.8 Å². The van der Waals surface area contributed by atoms with Crippen LogP contribution >= 0.6 is 0 Å². The van der Waals surface area contributed by atoms with E-state index in [0.717, 1.165) is 6.07 Å². The van der Waals surface area contributed by atoms with Gasteiger partial charge in [-0.1, -0.05) is 6.92 Å². The number of nitrogens with zero attached hydrogens (tertiary/aromatic N) is 3. The largest absolute Gasteiger partial charge is 0.471 e. The molecule has 1 saturated heterocycles. The van der Waals surface area contributed by atoms with Crippen molar-refractivity contribution in [1.29, 1.82) is 0 Å². The highest BCUT2D eigenvalue weighted by Crippen LogP contribution is 2.27. The van der Waals surface area contributed by atoms with E-state index in [9.17, 15) is 17.2 Å². The first kappa shape index (κ1) is 18.7. The first-order chi connectivity index (χ1) is 12.3. The Bertz CT molecular complexity index is 921. The van der Waals surface area contributed by atoms with Crippen LogP contribution in [0, 0.1) is 18.6 Å². The molecule has 0 N–H and O–H groups in total. The molecule has 0 unspecified atom stereocenters. The molecule has 140 valence electrons. The van der Waals surface area contributed by atoms with Gasteiger partial charge in [-0.3, -0.25) is 0 Å². The summed E-state index contributed by atoms with van der Waals surface area (Å²) in [4.78, 5) is 7.70. The standard InChI is InChI=1S/C17H19F2N3O3S/c1-3-14-16(19)17(21-10-20-14)25-13-6-7-22(9-13)26(23,24)15-5-4-12(18)8-11(15)2/h4-5,8,10,13H,3,6-7,9H2,1-2H3/t13-/m1/s1. The lowest BCUT2D eigenvalue weighted by molar-refractivity contribution is 0.195. The minimum atomic E-state index is -3.77. The van der Waals surface area contributed by atoms with Gasteiger partial charge in [-0.25, -0.2) is 17.8 Å². The van der Waals surface area contributed by atoms with Crippen molar-refractivity contribution in [2.45, 2.75) is 37.7 Å². The average Bonchev–Trinajstić information content (AvgIpc) is 3.06. The molecule has 2 aromatic rings. The zero-order valence-electron chi connectivity index (χ0n) is 14.4. The molecule has 0 aliphatic carbocycles. The fourth-order valence-electron chi connectivity index (χ4n) is 2.93. The van der Waals surface area contributed by atoms with Crippen LogP contribution in [0.1, 0.15) is 24.6 Å². The molecule has 1 aromatic carbocycles. The van der Waals surface area contributed by atoms with Crippen molar-refractivity contribution in [3.8, 4) is 5.88 Å². The first-order valence-electron chi connectivity index (χ1n) is 8.25. The van der Waals surface area contributed by atoms with Crippen molar-refractivity contribution in [1.82, 2.24) is 14.3 Å². The summed E-state index contributed by atoms with van der Waals surface area (Å²) in [5.74, 6) is -1.28. The molecule has 0 saturated carbocycles. The van der Waals surface area contributed by atoms with Crippen molar-refractivity contribution in [3.63, 3.8) is 0 Å². The van der Waals surface area contributed by atoms with Gasteiger partial charge in [0, 0.05) is 6.54 Å². The summed E-state index contributed by atoms with van der Waals surface area (Å²) in [5.41, 5.74) is 0.586. The second-order valence-corrected chi connectivity index (χ2v) is 8.00. The van der Waals surface area contributed by atoms with Gasteiger partial charge in [0.25, 0.3) is 5.88 Å². The van der Waals surface area contributed by atoms with Crippen molar-refractivity contribution < 1.29 is 21.9 Å². The molecule has 2 heterocycles. The first-order valence-corrected chi connectivity index (χ1v) is 9.69. The second-order valence-electron chi connectivity index (χ2n) is 6.09. The lowest BCUT2D eigenvalue weighted by Crippen LogP contribution is -2.31. The van der Waals surface area contributed by atoms with E-state index in [0.29, 0.717) is 18.4 Å². The molecule has 1 aromatic heterocycles. The maximum absolute atomic E-state index is 14.2. The van der Waals surface area contributed by atoms with Gasteiger partial charge in [-0.15, -0.1) is 0 Å². The second kappa shape index (κ2) is 7.24. The fraction of sp³-hybridized carbons (Fsp3) is 0.412. The number of rotatable bonds is 5. The van der Waals surface area contributed by atoms with Crippen LogP contribution < -0.4 is 4.74 Å². The van der Waals surface area contributed by atoms with Gasteiger partial charge in [0.2, 0.25) is 15.8 Å². The van der Waals surface area contributed by atoms with Crippen molar-refractivity contribution in [2.75, 3.05) is 13.1 Å². The molecule has 0 radical (unpaired) electrons. The zero-order chi connectivity index (χ0) is 18.9. The Morgan fingerprint density at radius 2 is 2.08 bits per heavy atom. The van der Waals surface area contributed by atoms with Gasteiger partial charge < -0.3 is 4.74 Å². The van der Waals surface area contributed by atoms with E-state index in [1.54, 1.807) is 13.8 Å². The maximum Gasteiger partial charge on any atom is 0.254 e. The van der Waals surface area contributed by atoms with Crippen molar-refractivity contribution >= 4 is 10.0 Å². The summed E-state index contributed by atoms with van der Waals surface area (Å²) in [6.07, 6.45) is 1.52. The van der Waals surface area contributed by atoms with Crippen LogP contribution in [-0.4, -0.2) is 41.9 Å². The third kappa shape index (κ3) is 3.54. The van der Waals surface area contributed by atoms with E-state index in [4.69, 9.17) is 4.74 Å². The molecule has 0 spiro atoms. The fourth-order valence-corrected chi connectivity index (χ4v) is 4.62. The normalized spacial score (nSPS) is 18.2. The molecule has 3 rings (SSSR count). The number of aryl methyl sites for hydroxylation is 2. The summed E-state index contributed by atoms with van der Waals surface area (Å²) in [5, 5.41) is 0. The highest BCUT2D eigenvalue weighted by molar-refractivity contribution is 7.89. The van der Waals surface area contributed by atoms with E-state index in [2.05, 4.69) is 9.97 Å². The van der Waals surface area contributed by atoms with E-state index < -0.39 is 27.8 Å². The minimum absolute atomic E-state index is 0.0565. The molecule has 0 bridgehead atoms. The summed E-state index contributed by atoms with van der Waals surface area (Å²) in [6, 6.07) is 3.55. The van der Waals surface area contributed by atoms with Crippen molar-refractivity contribution in [3.05, 3.63) is 47.4 Å². The molecule has 0 amide bonds. The Morgan fingerprint density at radius 1 is 1.31 bits per heavy atom. The van der Waals surface area contributed by atoms with Crippen LogP contribution in [0.2, 0.25) is 0 Å². The molecule has 26 heavy (non-hydrogen) atoms. The summed E-state index contributed by atoms with van der Waals surface area (Å²) >= 11 is 0. The van der Waals surface area contributed by atoms with Gasteiger partial charge in [0.15, 0.2) is 0 Å². The van der Waals surface area contributed by atoms with Crippen molar-refractivity contribution in [2.24, 2.45) is 0 Å². The SMILES string of the molecule is CCc1ncnc(O[C@@H]2CCN(S(=O)(=O)c3ccc(F)cc3C)C2)c1F. The lowest BCUT2D eigenvalue weighted by Gasteiger charge is -2.18. The van der Waals surface area contributed by atoms with E-state index in [-0.39, 0.29) is 29.6 Å². The average molecular weight is 383 g/mol. The molecule has 1 atom stereocenters. The highest BCUT2D eigenvalue weighted by Gasteiger charge is 2.35. The Labute approximate surface area is 150 Å². The molecule has 1 fully saturated rings. The predicted octanol–water partition coefficient (Wildman–Crippen LogP) is 2.47. The molecule has 1 aliphatic rings. The minimum Gasteiger partial charge on any atom is -0.471 e. The number of hydrogen-bond donors (Lipinski definition) is 0. The molecule has 6 nitrogen and oxygen atoms in total. The van der Waals surface area contributed by atoms with Gasteiger partial charge in [-0.05, 0) is 43.5 Å². The Balaban J connectivity index is 1.76. The zero-order valence-corrected chi connectivity index (χ0v) is 15.3. The molecular formula is C17H19F2N3O3S. The number of aromatic nitrogens is 2. The van der Waals surface area contributed by atoms with Crippen LogP contribution in [0.5, 0.6) is 5.88 Å². The van der Waals surface area contributed by atoms with Crippen LogP contribution in [0.3, 0.4) is 0 Å². The summed E-state index contributed by atoms with van der Waals surface area (Å²) in [7, 11) is -3.77. The van der Waals surface area contributed by atoms with Crippen LogP contribution in [-0.2, 0) is 16.4 Å². The topological polar surface area (TPSA) is 72.4 Å². The molecular weight excluding hydrogens is 364 g/mol. The van der Waals surface area contributed by atoms with Gasteiger partial charge in [-0.2, -0.15) is 13.7 Å². The predicted molar refractivity (Wildman–Crippen MR) is 90.3 cm³/mol. The van der Waals surface area contributed by atoms with Gasteiger partial charge >= 0.3 is 0 Å². The number of sulfonamides is 1. The maximum atomic E-state index is 14.2. The van der Waals surface area contributed by atoms with Crippen LogP contribution in [0.4, 0.5) is 8.78 Å². The third-order valence-corrected chi connectivity index (χ3v) is 6.33. The Morgan fingerprint density at radius 3 is 2.77 bits per heavy atom. The number of ether oxygens (including phenoxy) is 1. The number of hydrogen-bond acceptors (Lipinski definition) is 5. The van der Waals surface area contributed by atoms with E-state index >= 15 is 0 Å². The number of halogens is 2. The van der Waals surface area contributed by atoms with Gasteiger partial charge in [0.05, 0.1) is 17.1 Å². The summed E-state index contributed by atoms with van der Waals surface area (Å²) in [6.45, 7) is 3.62. The Hall–Kier alpha value is -2.13. The number of benzene rings is 1. The van der Waals surface area contributed by atoms with Crippen LogP contribution in [0.25, 0.3) is 0 Å². The summed E-state index contributed by atoms with van der Waals surface area (Å²) < 4.78 is 59.8. The van der Waals surface area contributed by atoms with Crippen LogP contribution in [0.15, 0.2) is 29.4 Å². The smallest absolute Gasteiger partial charge is 0.254 e. The highest BCUT2D eigenvalue weighted by atomic mass is 32.2. The quantitative estimate of drug-likeness (QED) is 0.793. The van der Waals surface area contributed by atoms with E-state index in [1.807, 2.05) is 0 Å². The molecule has 9 heteroatoms. The van der Waals surface area contributed by atoms with Gasteiger partial charge in [0.1, 0.15) is 18.2 Å².